The van der Waals surface area contributed by atoms with E-state index >= 15 is 0 Å². The van der Waals surface area contributed by atoms with Gasteiger partial charge in [0.25, 0.3) is 0 Å². The summed E-state index contributed by atoms with van der Waals surface area (Å²) >= 11 is 12.6. The van der Waals surface area contributed by atoms with Crippen LogP contribution >= 0.6 is 43.5 Å². The molecule has 1 aromatic carbocycles. The first-order valence-electron chi connectivity index (χ1n) is 5.75. The van der Waals surface area contributed by atoms with Crippen molar-refractivity contribution < 1.29 is 0 Å². The fraction of sp³-hybridized carbons (Fsp3) is 0.357. The van der Waals surface area contributed by atoms with E-state index in [1.807, 2.05) is 6.07 Å². The highest BCUT2D eigenvalue weighted by Crippen LogP contribution is 2.30. The third-order valence-corrected chi connectivity index (χ3v) is 4.02. The lowest BCUT2D eigenvalue weighted by Crippen LogP contribution is -1.92. The third kappa shape index (κ3) is 4.87. The Hall–Kier alpha value is -0.120. The molecule has 1 aromatic rings. The van der Waals surface area contributed by atoms with Gasteiger partial charge in [-0.2, -0.15) is 0 Å². The monoisotopic (exact) mass is 391 g/mol. The minimum absolute atomic E-state index is 0.674. The predicted octanol–water partition coefficient (Wildman–Crippen LogP) is 5.57. The van der Waals surface area contributed by atoms with E-state index in [-0.39, 0.29) is 0 Å². The van der Waals surface area contributed by atoms with Gasteiger partial charge >= 0.3 is 0 Å². The van der Waals surface area contributed by atoms with Crippen LogP contribution in [0.4, 0.5) is 0 Å². The predicted molar refractivity (Wildman–Crippen MR) is 87.5 cm³/mol. The van der Waals surface area contributed by atoms with E-state index in [0.717, 1.165) is 28.8 Å². The molecule has 0 bridgehead atoms. The largest absolute Gasteiger partial charge is 0.312 e. The van der Waals surface area contributed by atoms with E-state index < -0.39 is 0 Å². The minimum atomic E-state index is 0.674. The molecule has 0 amide bonds. The molecule has 98 valence electrons. The normalized spacial score (nSPS) is 13.7. The van der Waals surface area contributed by atoms with Crippen molar-refractivity contribution >= 4 is 49.7 Å². The molecule has 0 radical (unpaired) electrons. The Morgan fingerprint density at radius 3 is 2.67 bits per heavy atom. The lowest BCUT2D eigenvalue weighted by molar-refractivity contribution is 0.946. The molecule has 0 saturated heterocycles. The van der Waals surface area contributed by atoms with Crippen molar-refractivity contribution in [2.45, 2.75) is 26.2 Å². The van der Waals surface area contributed by atoms with Crippen LogP contribution in [0.15, 0.2) is 28.3 Å². The van der Waals surface area contributed by atoms with Crippen molar-refractivity contribution in [2.24, 2.45) is 0 Å². The van der Waals surface area contributed by atoms with E-state index in [0.29, 0.717) is 5.33 Å². The zero-order valence-corrected chi connectivity index (χ0v) is 14.2. The van der Waals surface area contributed by atoms with Gasteiger partial charge in [-0.15, -0.1) is 0 Å². The number of rotatable bonds is 1. The Bertz CT molecular complexity index is 455. The van der Waals surface area contributed by atoms with E-state index in [1.54, 1.807) is 0 Å². The summed E-state index contributed by atoms with van der Waals surface area (Å²) in [6.07, 6.45) is 6.89. The molecule has 0 spiro atoms. The molecule has 1 aliphatic carbocycles. The molecule has 0 atom stereocenters. The average Bonchev–Trinajstić information content (AvgIpc) is 2.52. The van der Waals surface area contributed by atoms with Crippen LogP contribution in [-0.4, -0.2) is 11.5 Å². The molecular formula is C14H16Br2ClN. The summed E-state index contributed by atoms with van der Waals surface area (Å²) in [4.78, 5) is 0. The quantitative estimate of drug-likeness (QED) is 0.366. The first-order valence-corrected chi connectivity index (χ1v) is 8.05. The maximum atomic E-state index is 6.28. The number of hydrogen-bond donors (Lipinski definition) is 1. The molecule has 1 N–H and O–H groups in total. The van der Waals surface area contributed by atoms with Crippen molar-refractivity contribution in [1.29, 1.82) is 5.41 Å². The van der Waals surface area contributed by atoms with Crippen molar-refractivity contribution in [3.8, 4) is 0 Å². The zero-order valence-electron chi connectivity index (χ0n) is 10.3. The van der Waals surface area contributed by atoms with Gasteiger partial charge in [-0.3, -0.25) is 0 Å². The van der Waals surface area contributed by atoms with Crippen molar-refractivity contribution in [3.05, 3.63) is 44.4 Å². The summed E-state index contributed by atoms with van der Waals surface area (Å²) in [5.74, 6) is 0. The lowest BCUT2D eigenvalue weighted by Gasteiger charge is -2.08. The highest BCUT2D eigenvalue weighted by atomic mass is 79.9. The molecule has 4 heteroatoms. The summed E-state index contributed by atoms with van der Waals surface area (Å²) in [7, 11) is 0. The molecule has 0 unspecified atom stereocenters. The Labute approximate surface area is 130 Å². The number of halogens is 3. The van der Waals surface area contributed by atoms with Gasteiger partial charge in [-0.05, 0) is 49.4 Å². The molecule has 0 heterocycles. The molecule has 2 rings (SSSR count). The number of nitrogens with one attached hydrogen (secondary N) is 1. The number of benzene rings is 1. The second-order valence-corrected chi connectivity index (χ2v) is 6.08. The molecule has 18 heavy (non-hydrogen) atoms. The van der Waals surface area contributed by atoms with Gasteiger partial charge in [0.05, 0.1) is 0 Å². The molecule has 0 saturated carbocycles. The molecular weight excluding hydrogens is 377 g/mol. The van der Waals surface area contributed by atoms with Crippen LogP contribution in [0.5, 0.6) is 0 Å². The van der Waals surface area contributed by atoms with Gasteiger partial charge in [0.1, 0.15) is 0 Å². The fourth-order valence-corrected chi connectivity index (χ4v) is 2.85. The van der Waals surface area contributed by atoms with Gasteiger partial charge in [0, 0.05) is 21.0 Å². The average molecular weight is 394 g/mol. The summed E-state index contributed by atoms with van der Waals surface area (Å²) in [6, 6.07) is 4.07. The molecule has 1 aliphatic rings. The van der Waals surface area contributed by atoms with Crippen molar-refractivity contribution in [1.82, 2.24) is 0 Å². The van der Waals surface area contributed by atoms with Crippen LogP contribution in [0.1, 0.15) is 24.5 Å². The SMILES string of the molecule is CC1=CCc2c(Br)cc(Cl)cc2CC1.N=CCBr. The maximum Gasteiger partial charge on any atom is 0.0420 e. The Morgan fingerprint density at radius 2 is 2.06 bits per heavy atom. The highest BCUT2D eigenvalue weighted by molar-refractivity contribution is 9.10. The summed E-state index contributed by atoms with van der Waals surface area (Å²) in [6.45, 7) is 2.20. The number of fused-ring (bicyclic) bond motifs is 1. The number of allylic oxidation sites excluding steroid dienone is 2. The fourth-order valence-electron chi connectivity index (χ4n) is 1.82. The second kappa shape index (κ2) is 8.13. The molecule has 0 aliphatic heterocycles. The van der Waals surface area contributed by atoms with E-state index in [2.05, 4.69) is 50.9 Å². The van der Waals surface area contributed by atoms with Crippen molar-refractivity contribution in [3.63, 3.8) is 0 Å². The van der Waals surface area contributed by atoms with Crippen LogP contribution in [0.25, 0.3) is 0 Å². The third-order valence-electron chi connectivity index (χ3n) is 2.77. The van der Waals surface area contributed by atoms with Gasteiger partial charge in [-0.25, -0.2) is 0 Å². The second-order valence-electron chi connectivity index (χ2n) is 4.14. The topological polar surface area (TPSA) is 23.9 Å². The van der Waals surface area contributed by atoms with Crippen LogP contribution in [0.3, 0.4) is 0 Å². The summed E-state index contributed by atoms with van der Waals surface area (Å²) < 4.78 is 1.14. The highest BCUT2D eigenvalue weighted by Gasteiger charge is 2.10. The first kappa shape index (κ1) is 15.9. The van der Waals surface area contributed by atoms with Crippen LogP contribution in [0.2, 0.25) is 5.02 Å². The molecule has 0 fully saturated rings. The van der Waals surface area contributed by atoms with E-state index in [4.69, 9.17) is 17.0 Å². The minimum Gasteiger partial charge on any atom is -0.312 e. The Balaban J connectivity index is 0.000000357. The van der Waals surface area contributed by atoms with Gasteiger partial charge in [0.2, 0.25) is 0 Å². The Morgan fingerprint density at radius 1 is 1.39 bits per heavy atom. The zero-order chi connectivity index (χ0) is 13.5. The van der Waals surface area contributed by atoms with Gasteiger partial charge in [0.15, 0.2) is 0 Å². The number of aryl methyl sites for hydroxylation is 1. The maximum absolute atomic E-state index is 6.28. The summed E-state index contributed by atoms with van der Waals surface area (Å²) in [5, 5.41) is 7.78. The van der Waals surface area contributed by atoms with E-state index in [9.17, 15) is 0 Å². The molecule has 0 aromatic heterocycles. The number of hydrogen-bond acceptors (Lipinski definition) is 1. The standard InChI is InChI=1S/C12H12BrCl.C2H4BrN/c1-8-2-4-9-6-10(14)7-12(13)11(9)5-3-8;3-1-2-4/h3,6-7H,2,4-5H2,1H3;2,4H,1H2. The van der Waals surface area contributed by atoms with Crippen molar-refractivity contribution in [2.75, 3.05) is 5.33 Å². The Kier molecular flexibility index (Phi) is 7.20. The smallest absolute Gasteiger partial charge is 0.0420 e. The lowest BCUT2D eigenvalue weighted by atomic mass is 10.0. The van der Waals surface area contributed by atoms with Gasteiger partial charge < -0.3 is 5.41 Å². The summed E-state index contributed by atoms with van der Waals surface area (Å²) in [5.41, 5.74) is 4.26. The number of alkyl halides is 1. The first-order chi connectivity index (χ1) is 8.58. The van der Waals surface area contributed by atoms with Gasteiger partial charge in [-0.1, -0.05) is 55.1 Å². The van der Waals surface area contributed by atoms with Crippen LogP contribution in [-0.2, 0) is 12.8 Å². The van der Waals surface area contributed by atoms with Crippen LogP contribution < -0.4 is 0 Å². The van der Waals surface area contributed by atoms with Crippen LogP contribution in [0, 0.1) is 5.41 Å². The molecule has 1 nitrogen and oxygen atoms in total. The van der Waals surface area contributed by atoms with E-state index in [1.165, 1.54) is 22.9 Å².